The smallest absolute Gasteiger partial charge is 0.0713 e. The third-order valence-corrected chi connectivity index (χ3v) is 5.44. The number of thioether (sulfide) groups is 1. The highest BCUT2D eigenvalue weighted by molar-refractivity contribution is 7.99. The van der Waals surface area contributed by atoms with Crippen LogP contribution in [0.1, 0.15) is 45.4 Å². The SMILES string of the molecule is CC1(NC2CCOC3(CCSCC3)C2)CC1. The van der Waals surface area contributed by atoms with Crippen LogP contribution in [0.15, 0.2) is 0 Å². The van der Waals surface area contributed by atoms with Crippen molar-refractivity contribution in [2.45, 2.75) is 62.6 Å². The molecule has 2 heterocycles. The molecule has 2 aliphatic heterocycles. The van der Waals surface area contributed by atoms with Crippen LogP contribution in [0, 0.1) is 0 Å². The van der Waals surface area contributed by atoms with E-state index in [1.807, 2.05) is 0 Å². The summed E-state index contributed by atoms with van der Waals surface area (Å²) in [6, 6.07) is 0.712. The molecule has 0 aromatic heterocycles. The van der Waals surface area contributed by atoms with Crippen molar-refractivity contribution in [3.8, 4) is 0 Å². The fraction of sp³-hybridized carbons (Fsp3) is 1.00. The van der Waals surface area contributed by atoms with E-state index in [2.05, 4.69) is 24.0 Å². The highest BCUT2D eigenvalue weighted by Gasteiger charge is 2.43. The molecule has 0 aromatic carbocycles. The molecule has 2 saturated heterocycles. The monoisotopic (exact) mass is 241 g/mol. The summed E-state index contributed by atoms with van der Waals surface area (Å²) < 4.78 is 6.12. The van der Waals surface area contributed by atoms with E-state index in [1.54, 1.807) is 0 Å². The predicted octanol–water partition coefficient (Wildman–Crippen LogP) is 2.57. The molecule has 3 aliphatic rings. The highest BCUT2D eigenvalue weighted by atomic mass is 32.2. The number of ether oxygens (including phenoxy) is 1. The Morgan fingerprint density at radius 3 is 2.62 bits per heavy atom. The van der Waals surface area contributed by atoms with E-state index in [0.29, 0.717) is 11.6 Å². The van der Waals surface area contributed by atoms with Crippen molar-refractivity contribution in [1.82, 2.24) is 5.32 Å². The molecule has 1 saturated carbocycles. The van der Waals surface area contributed by atoms with E-state index in [0.717, 1.165) is 6.61 Å². The van der Waals surface area contributed by atoms with E-state index in [1.165, 1.54) is 50.0 Å². The lowest BCUT2D eigenvalue weighted by Gasteiger charge is -2.44. The van der Waals surface area contributed by atoms with Gasteiger partial charge in [0.2, 0.25) is 0 Å². The van der Waals surface area contributed by atoms with Gasteiger partial charge in [0.1, 0.15) is 0 Å². The summed E-state index contributed by atoms with van der Waals surface area (Å²) in [4.78, 5) is 0. The third kappa shape index (κ3) is 2.41. The fourth-order valence-corrected chi connectivity index (χ4v) is 4.30. The maximum absolute atomic E-state index is 6.12. The molecule has 3 fully saturated rings. The standard InChI is InChI=1S/C13H23NOS/c1-12(3-4-12)14-11-2-7-15-13(10-11)5-8-16-9-6-13/h11,14H,2-10H2,1H3. The van der Waals surface area contributed by atoms with E-state index in [9.17, 15) is 0 Å². The normalized spacial score (nSPS) is 36.2. The van der Waals surface area contributed by atoms with Crippen LogP contribution in [0.25, 0.3) is 0 Å². The molecule has 1 N–H and O–H groups in total. The topological polar surface area (TPSA) is 21.3 Å². The Labute approximate surface area is 103 Å². The van der Waals surface area contributed by atoms with Gasteiger partial charge in [-0.05, 0) is 57.0 Å². The number of hydrogen-bond acceptors (Lipinski definition) is 3. The molecule has 92 valence electrons. The zero-order valence-corrected chi connectivity index (χ0v) is 11.1. The average Bonchev–Trinajstić information content (AvgIpc) is 2.97. The van der Waals surface area contributed by atoms with Crippen molar-refractivity contribution in [2.75, 3.05) is 18.1 Å². The Hall–Kier alpha value is 0.270. The van der Waals surface area contributed by atoms with E-state index in [4.69, 9.17) is 4.74 Å². The van der Waals surface area contributed by atoms with Crippen molar-refractivity contribution < 1.29 is 4.74 Å². The molecular formula is C13H23NOS. The van der Waals surface area contributed by atoms with Gasteiger partial charge in [0.25, 0.3) is 0 Å². The molecule has 0 amide bonds. The Kier molecular flexibility index (Phi) is 2.97. The number of rotatable bonds is 2. The Morgan fingerprint density at radius 2 is 1.94 bits per heavy atom. The summed E-state index contributed by atoms with van der Waals surface area (Å²) in [5, 5.41) is 3.85. The Balaban J connectivity index is 1.60. The molecule has 2 nitrogen and oxygen atoms in total. The first-order chi connectivity index (χ1) is 7.70. The first-order valence-corrected chi connectivity index (χ1v) is 7.85. The van der Waals surface area contributed by atoms with Crippen molar-refractivity contribution in [1.29, 1.82) is 0 Å². The van der Waals surface area contributed by atoms with Gasteiger partial charge in [-0.3, -0.25) is 0 Å². The minimum atomic E-state index is 0.242. The summed E-state index contributed by atoms with van der Waals surface area (Å²) in [5.41, 5.74) is 0.721. The molecule has 1 atom stereocenters. The minimum absolute atomic E-state index is 0.242. The maximum atomic E-state index is 6.12. The molecule has 0 bridgehead atoms. The second-order valence-corrected chi connectivity index (χ2v) is 7.26. The van der Waals surface area contributed by atoms with Crippen molar-refractivity contribution >= 4 is 11.8 Å². The molecule has 3 rings (SSSR count). The Bertz CT molecular complexity index is 253. The second kappa shape index (κ2) is 4.18. The molecule has 3 heteroatoms. The van der Waals surface area contributed by atoms with Gasteiger partial charge in [0.05, 0.1) is 5.60 Å². The summed E-state index contributed by atoms with van der Waals surface area (Å²) in [5.74, 6) is 2.59. The van der Waals surface area contributed by atoms with Gasteiger partial charge >= 0.3 is 0 Å². The molecular weight excluding hydrogens is 218 g/mol. The van der Waals surface area contributed by atoms with Gasteiger partial charge in [0.15, 0.2) is 0 Å². The predicted molar refractivity (Wildman–Crippen MR) is 69.0 cm³/mol. The van der Waals surface area contributed by atoms with Crippen molar-refractivity contribution in [3.63, 3.8) is 0 Å². The van der Waals surface area contributed by atoms with Crippen LogP contribution < -0.4 is 5.32 Å². The molecule has 1 aliphatic carbocycles. The van der Waals surface area contributed by atoms with Crippen LogP contribution in [-0.4, -0.2) is 35.3 Å². The molecule has 0 aromatic rings. The molecule has 16 heavy (non-hydrogen) atoms. The van der Waals surface area contributed by atoms with Crippen LogP contribution in [0.3, 0.4) is 0 Å². The van der Waals surface area contributed by atoms with Crippen molar-refractivity contribution in [2.24, 2.45) is 0 Å². The maximum Gasteiger partial charge on any atom is 0.0713 e. The van der Waals surface area contributed by atoms with Crippen molar-refractivity contribution in [3.05, 3.63) is 0 Å². The highest BCUT2D eigenvalue weighted by Crippen LogP contribution is 2.40. The van der Waals surface area contributed by atoms with Gasteiger partial charge in [0, 0.05) is 18.2 Å². The van der Waals surface area contributed by atoms with Gasteiger partial charge in [-0.15, -0.1) is 0 Å². The van der Waals surface area contributed by atoms with Gasteiger partial charge in [-0.2, -0.15) is 11.8 Å². The van der Waals surface area contributed by atoms with E-state index < -0.39 is 0 Å². The number of hydrogen-bond donors (Lipinski definition) is 1. The number of nitrogens with one attached hydrogen (secondary N) is 1. The largest absolute Gasteiger partial charge is 0.375 e. The first kappa shape index (κ1) is 11.4. The summed E-state index contributed by atoms with van der Waals surface area (Å²) >= 11 is 2.09. The van der Waals surface area contributed by atoms with Crippen LogP contribution in [0.4, 0.5) is 0 Å². The molecule has 1 spiro atoms. The second-order valence-electron chi connectivity index (χ2n) is 6.04. The summed E-state index contributed by atoms with van der Waals surface area (Å²) in [7, 11) is 0. The van der Waals surface area contributed by atoms with Crippen LogP contribution in [0.2, 0.25) is 0 Å². The van der Waals surface area contributed by atoms with Crippen LogP contribution in [-0.2, 0) is 4.74 Å². The zero-order chi connectivity index (χ0) is 11.1. The first-order valence-electron chi connectivity index (χ1n) is 6.69. The summed E-state index contributed by atoms with van der Waals surface area (Å²) in [6.45, 7) is 3.34. The summed E-state index contributed by atoms with van der Waals surface area (Å²) in [6.07, 6.45) is 7.74. The van der Waals surface area contributed by atoms with Gasteiger partial charge in [-0.25, -0.2) is 0 Å². The lowest BCUT2D eigenvalue weighted by Crippen LogP contribution is -2.51. The zero-order valence-electron chi connectivity index (χ0n) is 10.3. The van der Waals surface area contributed by atoms with Gasteiger partial charge in [-0.1, -0.05) is 0 Å². The quantitative estimate of drug-likeness (QED) is 0.803. The third-order valence-electron chi connectivity index (χ3n) is 4.45. The van der Waals surface area contributed by atoms with Crippen LogP contribution >= 0.6 is 11.8 Å². The Morgan fingerprint density at radius 1 is 1.19 bits per heavy atom. The molecule has 1 unspecified atom stereocenters. The molecule has 0 radical (unpaired) electrons. The minimum Gasteiger partial charge on any atom is -0.375 e. The van der Waals surface area contributed by atoms with E-state index >= 15 is 0 Å². The van der Waals surface area contributed by atoms with Crippen LogP contribution in [0.5, 0.6) is 0 Å². The average molecular weight is 241 g/mol. The fourth-order valence-electron chi connectivity index (χ4n) is 3.07. The lowest BCUT2D eigenvalue weighted by atomic mass is 9.85. The lowest BCUT2D eigenvalue weighted by molar-refractivity contribution is -0.0943. The van der Waals surface area contributed by atoms with E-state index in [-0.39, 0.29) is 5.60 Å². The van der Waals surface area contributed by atoms with Gasteiger partial charge < -0.3 is 10.1 Å².